The minimum Gasteiger partial charge on any atom is -0.382 e. The van der Waals surface area contributed by atoms with Crippen molar-refractivity contribution in [3.8, 4) is 6.07 Å². The second-order valence-electron chi connectivity index (χ2n) is 6.79. The van der Waals surface area contributed by atoms with E-state index in [-0.39, 0.29) is 5.41 Å². The molecule has 1 heterocycles. The molecule has 1 saturated carbocycles. The fourth-order valence-electron chi connectivity index (χ4n) is 2.97. The van der Waals surface area contributed by atoms with Crippen molar-refractivity contribution in [2.75, 3.05) is 0 Å². The molecule has 1 aliphatic carbocycles. The Morgan fingerprint density at radius 2 is 1.90 bits per heavy atom. The van der Waals surface area contributed by atoms with E-state index in [0.717, 1.165) is 19.0 Å². The molecule has 1 aromatic heterocycles. The van der Waals surface area contributed by atoms with Gasteiger partial charge in [-0.25, -0.2) is 4.39 Å². The first-order valence-electron chi connectivity index (χ1n) is 6.98. The van der Waals surface area contributed by atoms with Crippen LogP contribution < -0.4 is 0 Å². The van der Waals surface area contributed by atoms with E-state index < -0.39 is 16.8 Å². The Morgan fingerprint density at radius 3 is 2.35 bits per heavy atom. The number of hydrogen-bond donors (Lipinski definition) is 1. The van der Waals surface area contributed by atoms with Crippen molar-refractivity contribution in [3.63, 3.8) is 0 Å². The summed E-state index contributed by atoms with van der Waals surface area (Å²) < 4.78 is 13.0. The fraction of sp³-hybridized carbons (Fsp3) is 0.625. The molecule has 108 valence electrons. The first-order chi connectivity index (χ1) is 9.22. The highest BCUT2D eigenvalue weighted by Gasteiger charge is 2.52. The van der Waals surface area contributed by atoms with Crippen molar-refractivity contribution in [3.05, 3.63) is 29.8 Å². The van der Waals surface area contributed by atoms with Crippen molar-refractivity contribution in [2.24, 2.45) is 10.8 Å². The van der Waals surface area contributed by atoms with E-state index in [2.05, 4.69) is 24.9 Å². The molecule has 0 spiro atoms. The van der Waals surface area contributed by atoms with E-state index >= 15 is 0 Å². The lowest BCUT2D eigenvalue weighted by molar-refractivity contribution is -0.0803. The Morgan fingerprint density at radius 1 is 1.30 bits per heavy atom. The molecule has 1 unspecified atom stereocenters. The van der Waals surface area contributed by atoms with Crippen LogP contribution in [0.2, 0.25) is 0 Å². The van der Waals surface area contributed by atoms with Gasteiger partial charge in [0.2, 0.25) is 0 Å². The molecule has 0 saturated heterocycles. The molecule has 0 radical (unpaired) electrons. The van der Waals surface area contributed by atoms with E-state index in [1.54, 1.807) is 6.92 Å². The quantitative estimate of drug-likeness (QED) is 0.898. The summed E-state index contributed by atoms with van der Waals surface area (Å²) in [6, 6.07) is 5.06. The van der Waals surface area contributed by atoms with Crippen molar-refractivity contribution in [1.29, 1.82) is 5.26 Å². The number of nitrogens with zero attached hydrogens (tertiary/aromatic N) is 2. The summed E-state index contributed by atoms with van der Waals surface area (Å²) in [5, 5.41) is 20.6. The minimum absolute atomic E-state index is 0.201. The molecule has 20 heavy (non-hydrogen) atoms. The number of nitriles is 1. The highest BCUT2D eigenvalue weighted by molar-refractivity contribution is 5.23. The van der Waals surface area contributed by atoms with Crippen LogP contribution in [0.25, 0.3) is 0 Å². The second-order valence-corrected chi connectivity index (χ2v) is 6.79. The lowest BCUT2D eigenvalue weighted by atomic mass is 9.58. The summed E-state index contributed by atoms with van der Waals surface area (Å²) in [5.74, 6) is -0.444. The van der Waals surface area contributed by atoms with Crippen LogP contribution in [-0.2, 0) is 5.60 Å². The van der Waals surface area contributed by atoms with Crippen LogP contribution in [0.4, 0.5) is 4.39 Å². The SMILES string of the molecule is CC1(C)CCC(C#N)(C(C)(O)c2ccc(F)cn2)CC1. The van der Waals surface area contributed by atoms with Gasteiger partial charge >= 0.3 is 0 Å². The molecule has 1 fully saturated rings. The molecule has 1 N–H and O–H groups in total. The maximum atomic E-state index is 13.0. The van der Waals surface area contributed by atoms with Crippen LogP contribution in [-0.4, -0.2) is 10.1 Å². The van der Waals surface area contributed by atoms with Gasteiger partial charge in [0, 0.05) is 0 Å². The molecular weight excluding hydrogens is 255 g/mol. The van der Waals surface area contributed by atoms with E-state index in [0.29, 0.717) is 18.5 Å². The van der Waals surface area contributed by atoms with E-state index in [9.17, 15) is 14.8 Å². The average Bonchev–Trinajstić information content (AvgIpc) is 2.39. The molecule has 3 nitrogen and oxygen atoms in total. The fourth-order valence-corrected chi connectivity index (χ4v) is 2.97. The Hall–Kier alpha value is -1.47. The van der Waals surface area contributed by atoms with Gasteiger partial charge in [-0.3, -0.25) is 4.98 Å². The standard InChI is InChI=1S/C16H21FN2O/c1-14(2)6-8-16(11-18,9-7-14)15(3,20)13-5-4-12(17)10-19-13/h4-5,10,20H,6-9H2,1-3H3. The summed E-state index contributed by atoms with van der Waals surface area (Å²) in [6.45, 7) is 5.98. The van der Waals surface area contributed by atoms with Gasteiger partial charge in [0.05, 0.1) is 23.4 Å². The maximum Gasteiger partial charge on any atom is 0.141 e. The topological polar surface area (TPSA) is 56.9 Å². The van der Waals surface area contributed by atoms with Crippen LogP contribution in [0.3, 0.4) is 0 Å². The molecule has 1 aliphatic rings. The zero-order valence-corrected chi connectivity index (χ0v) is 12.3. The summed E-state index contributed by atoms with van der Waals surface area (Å²) in [5.41, 5.74) is -1.66. The predicted molar refractivity (Wildman–Crippen MR) is 74.1 cm³/mol. The third-order valence-electron chi connectivity index (χ3n) is 4.83. The van der Waals surface area contributed by atoms with Crippen molar-refractivity contribution in [1.82, 2.24) is 4.98 Å². The minimum atomic E-state index is -1.37. The molecule has 2 rings (SSSR count). The number of aliphatic hydroxyl groups is 1. The number of rotatable bonds is 2. The van der Waals surface area contributed by atoms with Crippen molar-refractivity contribution >= 4 is 0 Å². The van der Waals surface area contributed by atoms with Gasteiger partial charge in [0.25, 0.3) is 0 Å². The van der Waals surface area contributed by atoms with Crippen molar-refractivity contribution in [2.45, 2.75) is 52.1 Å². The number of pyridine rings is 1. The van der Waals surface area contributed by atoms with Gasteiger partial charge in [-0.2, -0.15) is 5.26 Å². The number of halogens is 1. The first-order valence-corrected chi connectivity index (χ1v) is 6.98. The molecule has 1 atom stereocenters. The predicted octanol–water partition coefficient (Wildman–Crippen LogP) is 3.54. The van der Waals surface area contributed by atoms with Gasteiger partial charge in [-0.1, -0.05) is 13.8 Å². The first kappa shape index (κ1) is 14.9. The van der Waals surface area contributed by atoms with Crippen LogP contribution >= 0.6 is 0 Å². The lowest BCUT2D eigenvalue weighted by Crippen LogP contribution is -2.46. The smallest absolute Gasteiger partial charge is 0.141 e. The summed E-state index contributed by atoms with van der Waals surface area (Å²) in [6.07, 6.45) is 4.11. The lowest BCUT2D eigenvalue weighted by Gasteiger charge is -2.46. The van der Waals surface area contributed by atoms with Gasteiger partial charge in [-0.15, -0.1) is 0 Å². The molecule has 0 aromatic carbocycles. The van der Waals surface area contributed by atoms with Gasteiger partial charge < -0.3 is 5.11 Å². The molecule has 0 amide bonds. The Balaban J connectivity index is 2.36. The third kappa shape index (κ3) is 2.43. The van der Waals surface area contributed by atoms with Crippen LogP contribution in [0.5, 0.6) is 0 Å². The highest BCUT2D eigenvalue weighted by atomic mass is 19.1. The normalized spacial score (nSPS) is 23.6. The van der Waals surface area contributed by atoms with E-state index in [4.69, 9.17) is 0 Å². The van der Waals surface area contributed by atoms with E-state index in [1.165, 1.54) is 12.1 Å². The average molecular weight is 276 g/mol. The summed E-state index contributed by atoms with van der Waals surface area (Å²) in [4.78, 5) is 3.98. The van der Waals surface area contributed by atoms with E-state index in [1.807, 2.05) is 0 Å². The molecular formula is C16H21FN2O. The van der Waals surface area contributed by atoms with Crippen LogP contribution in [0.15, 0.2) is 18.3 Å². The van der Waals surface area contributed by atoms with Gasteiger partial charge in [0.1, 0.15) is 11.4 Å². The summed E-state index contributed by atoms with van der Waals surface area (Å²) >= 11 is 0. The Kier molecular flexibility index (Phi) is 3.60. The van der Waals surface area contributed by atoms with Gasteiger partial charge in [-0.05, 0) is 50.2 Å². The monoisotopic (exact) mass is 276 g/mol. The second kappa shape index (κ2) is 4.82. The molecule has 0 aliphatic heterocycles. The number of hydrogen-bond acceptors (Lipinski definition) is 3. The highest BCUT2D eigenvalue weighted by Crippen LogP contribution is 2.53. The Labute approximate surface area is 119 Å². The zero-order chi connectivity index (χ0) is 15.0. The maximum absolute atomic E-state index is 13.0. The Bertz CT molecular complexity index is 518. The molecule has 0 bridgehead atoms. The zero-order valence-electron chi connectivity index (χ0n) is 12.3. The van der Waals surface area contributed by atoms with Gasteiger partial charge in [0.15, 0.2) is 0 Å². The van der Waals surface area contributed by atoms with Crippen LogP contribution in [0, 0.1) is 28.0 Å². The largest absolute Gasteiger partial charge is 0.382 e. The third-order valence-corrected chi connectivity index (χ3v) is 4.83. The van der Waals surface area contributed by atoms with Crippen LogP contribution in [0.1, 0.15) is 52.1 Å². The van der Waals surface area contributed by atoms with Crippen molar-refractivity contribution < 1.29 is 9.50 Å². The molecule has 1 aromatic rings. The number of aromatic nitrogens is 1. The molecule has 4 heteroatoms. The summed E-state index contributed by atoms with van der Waals surface area (Å²) in [7, 11) is 0.